The maximum atomic E-state index is 13.2. The molecule has 0 saturated heterocycles. The van der Waals surface area contributed by atoms with E-state index in [0.29, 0.717) is 18.4 Å². The quantitative estimate of drug-likeness (QED) is 0.806. The Morgan fingerprint density at radius 1 is 1.11 bits per heavy atom. The molecule has 102 valence electrons. The van der Waals surface area contributed by atoms with Gasteiger partial charge in [0.1, 0.15) is 5.82 Å². The first kappa shape index (κ1) is 15.0. The van der Waals surface area contributed by atoms with Gasteiger partial charge >= 0.3 is 6.18 Å². The van der Waals surface area contributed by atoms with Crippen molar-refractivity contribution in [2.24, 2.45) is 11.7 Å². The average molecular weight is 263 g/mol. The molecule has 0 saturated carbocycles. The minimum absolute atomic E-state index is 0.197. The molecule has 1 nitrogen and oxygen atoms in total. The molecule has 5 heteroatoms. The molecule has 0 aliphatic rings. The summed E-state index contributed by atoms with van der Waals surface area (Å²) < 4.78 is 50.7. The average Bonchev–Trinajstić information content (AvgIpc) is 2.23. The molecular weight excluding hydrogens is 246 g/mol. The number of benzene rings is 1. The summed E-state index contributed by atoms with van der Waals surface area (Å²) in [6.45, 7) is 4.00. The zero-order valence-electron chi connectivity index (χ0n) is 10.4. The van der Waals surface area contributed by atoms with E-state index in [1.165, 1.54) is 0 Å². The number of alkyl halides is 3. The molecule has 0 bridgehead atoms. The maximum Gasteiger partial charge on any atom is 0.416 e. The summed E-state index contributed by atoms with van der Waals surface area (Å²) in [6, 6.07) is 1.91. The summed E-state index contributed by atoms with van der Waals surface area (Å²) in [4.78, 5) is 0. The molecule has 0 aliphatic heterocycles. The Morgan fingerprint density at radius 2 is 1.72 bits per heavy atom. The van der Waals surface area contributed by atoms with Gasteiger partial charge in [-0.25, -0.2) is 4.39 Å². The largest absolute Gasteiger partial charge is 0.416 e. The van der Waals surface area contributed by atoms with Crippen LogP contribution in [-0.4, -0.2) is 0 Å². The van der Waals surface area contributed by atoms with Crippen molar-refractivity contribution < 1.29 is 17.6 Å². The van der Waals surface area contributed by atoms with Gasteiger partial charge in [-0.15, -0.1) is 0 Å². The molecule has 0 fully saturated rings. The zero-order valence-corrected chi connectivity index (χ0v) is 10.4. The van der Waals surface area contributed by atoms with Crippen molar-refractivity contribution in [2.75, 3.05) is 0 Å². The predicted molar refractivity (Wildman–Crippen MR) is 62.4 cm³/mol. The number of nitrogens with two attached hydrogens (primary N) is 1. The summed E-state index contributed by atoms with van der Waals surface area (Å²) >= 11 is 0. The molecule has 0 aromatic heterocycles. The Morgan fingerprint density at radius 3 is 2.22 bits per heavy atom. The standard InChI is InChI=1S/C13H17F4N/c1-8(2)3-4-12(18)9-5-10(13(15,16)17)7-11(14)6-9/h5-8,12H,3-4,18H2,1-2H3/t12-/m1/s1. The molecule has 1 aromatic rings. The number of halogens is 4. The van der Waals surface area contributed by atoms with E-state index in [1.807, 2.05) is 13.8 Å². The van der Waals surface area contributed by atoms with Crippen molar-refractivity contribution in [3.05, 3.63) is 35.1 Å². The van der Waals surface area contributed by atoms with E-state index in [0.717, 1.165) is 18.6 Å². The molecule has 1 atom stereocenters. The summed E-state index contributed by atoms with van der Waals surface area (Å²) in [6.07, 6.45) is -3.22. The fourth-order valence-electron chi connectivity index (χ4n) is 1.67. The predicted octanol–water partition coefficient (Wildman–Crippen LogP) is 4.28. The molecule has 0 unspecified atom stereocenters. The molecule has 0 radical (unpaired) electrons. The van der Waals surface area contributed by atoms with E-state index >= 15 is 0 Å². The number of hydrogen-bond donors (Lipinski definition) is 1. The normalized spacial score (nSPS) is 14.0. The number of hydrogen-bond acceptors (Lipinski definition) is 1. The first-order valence-corrected chi connectivity index (χ1v) is 5.83. The highest BCUT2D eigenvalue weighted by molar-refractivity contribution is 5.28. The second-order valence-electron chi connectivity index (χ2n) is 4.85. The van der Waals surface area contributed by atoms with Crippen molar-refractivity contribution >= 4 is 0 Å². The smallest absolute Gasteiger partial charge is 0.324 e. The highest BCUT2D eigenvalue weighted by atomic mass is 19.4. The van der Waals surface area contributed by atoms with Crippen molar-refractivity contribution in [1.82, 2.24) is 0 Å². The minimum atomic E-state index is -4.55. The van der Waals surface area contributed by atoms with E-state index in [-0.39, 0.29) is 5.56 Å². The molecular formula is C13H17F4N. The molecule has 0 spiro atoms. The van der Waals surface area contributed by atoms with Crippen LogP contribution in [0.2, 0.25) is 0 Å². The molecule has 0 amide bonds. The summed E-state index contributed by atoms with van der Waals surface area (Å²) in [5, 5.41) is 0. The van der Waals surface area contributed by atoms with E-state index in [1.54, 1.807) is 0 Å². The Bertz CT molecular complexity index is 398. The van der Waals surface area contributed by atoms with Gasteiger partial charge in [0, 0.05) is 6.04 Å². The zero-order chi connectivity index (χ0) is 13.9. The third kappa shape index (κ3) is 4.29. The lowest BCUT2D eigenvalue weighted by Gasteiger charge is -2.16. The molecule has 1 rings (SSSR count). The lowest BCUT2D eigenvalue weighted by atomic mass is 9.97. The van der Waals surface area contributed by atoms with Gasteiger partial charge in [-0.05, 0) is 42.5 Å². The number of rotatable bonds is 4. The monoisotopic (exact) mass is 263 g/mol. The fraction of sp³-hybridized carbons (Fsp3) is 0.538. The van der Waals surface area contributed by atoms with Crippen LogP contribution in [0.25, 0.3) is 0 Å². The van der Waals surface area contributed by atoms with Crippen molar-refractivity contribution in [3.8, 4) is 0 Å². The Kier molecular flexibility index (Phi) is 4.73. The van der Waals surface area contributed by atoms with Crippen LogP contribution in [0, 0.1) is 11.7 Å². The van der Waals surface area contributed by atoms with Gasteiger partial charge < -0.3 is 5.73 Å². The summed E-state index contributed by atoms with van der Waals surface area (Å²) in [5.74, 6) is -0.494. The first-order valence-electron chi connectivity index (χ1n) is 5.83. The first-order chi connectivity index (χ1) is 8.20. The summed E-state index contributed by atoms with van der Waals surface area (Å²) in [7, 11) is 0. The second-order valence-corrected chi connectivity index (χ2v) is 4.85. The maximum absolute atomic E-state index is 13.2. The molecule has 1 aromatic carbocycles. The minimum Gasteiger partial charge on any atom is -0.324 e. The summed E-state index contributed by atoms with van der Waals surface area (Å²) in [5.41, 5.74) is 5.00. The van der Waals surface area contributed by atoms with Gasteiger partial charge in [0.05, 0.1) is 5.56 Å². The van der Waals surface area contributed by atoms with Crippen molar-refractivity contribution in [2.45, 2.75) is 38.9 Å². The van der Waals surface area contributed by atoms with Crippen LogP contribution in [0.1, 0.15) is 43.9 Å². The van der Waals surface area contributed by atoms with Gasteiger partial charge in [0.15, 0.2) is 0 Å². The lowest BCUT2D eigenvalue weighted by Crippen LogP contribution is -2.14. The van der Waals surface area contributed by atoms with E-state index in [2.05, 4.69) is 0 Å². The van der Waals surface area contributed by atoms with E-state index < -0.39 is 23.6 Å². The highest BCUT2D eigenvalue weighted by Gasteiger charge is 2.31. The van der Waals surface area contributed by atoms with Crippen molar-refractivity contribution in [3.63, 3.8) is 0 Å². The van der Waals surface area contributed by atoms with Gasteiger partial charge in [0.2, 0.25) is 0 Å². The molecule has 2 N–H and O–H groups in total. The molecule has 0 aliphatic carbocycles. The van der Waals surface area contributed by atoms with Crippen LogP contribution in [0.15, 0.2) is 18.2 Å². The van der Waals surface area contributed by atoms with Gasteiger partial charge in [-0.1, -0.05) is 13.8 Å². The van der Waals surface area contributed by atoms with Crippen LogP contribution in [0.3, 0.4) is 0 Å². The van der Waals surface area contributed by atoms with Crippen LogP contribution < -0.4 is 5.73 Å². The van der Waals surface area contributed by atoms with Crippen LogP contribution in [-0.2, 0) is 6.18 Å². The third-order valence-electron chi connectivity index (χ3n) is 2.73. The van der Waals surface area contributed by atoms with Gasteiger partial charge in [-0.3, -0.25) is 0 Å². The lowest BCUT2D eigenvalue weighted by molar-refractivity contribution is -0.137. The fourth-order valence-corrected chi connectivity index (χ4v) is 1.67. The second kappa shape index (κ2) is 5.69. The third-order valence-corrected chi connectivity index (χ3v) is 2.73. The SMILES string of the molecule is CC(C)CC[C@@H](N)c1cc(F)cc(C(F)(F)F)c1. The Balaban J connectivity index is 2.92. The molecule has 18 heavy (non-hydrogen) atoms. The van der Waals surface area contributed by atoms with Crippen LogP contribution in [0.4, 0.5) is 17.6 Å². The Hall–Kier alpha value is -1.10. The molecule has 0 heterocycles. The van der Waals surface area contributed by atoms with Gasteiger partial charge in [-0.2, -0.15) is 13.2 Å². The van der Waals surface area contributed by atoms with Crippen LogP contribution >= 0.6 is 0 Å². The van der Waals surface area contributed by atoms with E-state index in [4.69, 9.17) is 5.73 Å². The Labute approximate surface area is 104 Å². The van der Waals surface area contributed by atoms with Crippen molar-refractivity contribution in [1.29, 1.82) is 0 Å². The van der Waals surface area contributed by atoms with E-state index in [9.17, 15) is 17.6 Å². The van der Waals surface area contributed by atoms with Crippen LogP contribution in [0.5, 0.6) is 0 Å². The van der Waals surface area contributed by atoms with Gasteiger partial charge in [0.25, 0.3) is 0 Å². The topological polar surface area (TPSA) is 26.0 Å². The highest BCUT2D eigenvalue weighted by Crippen LogP contribution is 2.32.